The van der Waals surface area contributed by atoms with Crippen molar-refractivity contribution in [2.45, 2.75) is 73.1 Å². The minimum atomic E-state index is 0.00489. The molecular weight excluding hydrogens is 380 g/mol. The van der Waals surface area contributed by atoms with Crippen molar-refractivity contribution in [1.29, 1.82) is 0 Å². The van der Waals surface area contributed by atoms with Gasteiger partial charge in [0.25, 0.3) is 0 Å². The molecule has 31 heavy (non-hydrogen) atoms. The molecule has 0 spiro atoms. The monoisotopic (exact) mass is 422 g/mol. The summed E-state index contributed by atoms with van der Waals surface area (Å²) in [7, 11) is 0. The summed E-state index contributed by atoms with van der Waals surface area (Å²) in [6.45, 7) is 19.0. The lowest BCUT2D eigenvalue weighted by atomic mass is 9.88. The van der Waals surface area contributed by atoms with Gasteiger partial charge in [-0.1, -0.05) is 104 Å². The number of nitrogens with zero attached hydrogens (tertiary/aromatic N) is 1. The van der Waals surface area contributed by atoms with Crippen LogP contribution in [0.2, 0.25) is 0 Å². The van der Waals surface area contributed by atoms with Crippen molar-refractivity contribution in [3.63, 3.8) is 0 Å². The van der Waals surface area contributed by atoms with E-state index < -0.39 is 0 Å². The molecule has 3 heteroatoms. The lowest BCUT2D eigenvalue weighted by Crippen LogP contribution is -2.41. The van der Waals surface area contributed by atoms with E-state index in [1.165, 1.54) is 16.7 Å². The molecule has 2 rings (SSSR count). The number of hydrogen-bond acceptors (Lipinski definition) is 1. The minimum absolute atomic E-state index is 0.00489. The van der Waals surface area contributed by atoms with E-state index in [1.54, 1.807) is 0 Å². The quantitative estimate of drug-likeness (QED) is 0.438. The molecule has 3 nitrogen and oxygen atoms in total. The fraction of sp³-hybridized carbons (Fsp3) is 0.536. The molecule has 0 bridgehead atoms. The third kappa shape index (κ3) is 6.85. The molecule has 0 aliphatic rings. The van der Waals surface area contributed by atoms with Crippen LogP contribution in [0, 0.1) is 11.8 Å². The van der Waals surface area contributed by atoms with Gasteiger partial charge < -0.3 is 10.2 Å². The molecule has 0 aliphatic heterocycles. The molecule has 1 unspecified atom stereocenters. The maximum absolute atomic E-state index is 13.6. The van der Waals surface area contributed by atoms with E-state index in [9.17, 15) is 4.79 Å². The third-order valence-corrected chi connectivity index (χ3v) is 5.93. The van der Waals surface area contributed by atoms with Crippen molar-refractivity contribution in [2.24, 2.45) is 11.8 Å². The van der Waals surface area contributed by atoms with Gasteiger partial charge in [-0.2, -0.15) is 0 Å². The van der Waals surface area contributed by atoms with E-state index in [0.717, 1.165) is 12.2 Å². The maximum atomic E-state index is 13.6. The normalized spacial score (nSPS) is 12.6. The van der Waals surface area contributed by atoms with E-state index >= 15 is 0 Å². The summed E-state index contributed by atoms with van der Waals surface area (Å²) < 4.78 is 0. The van der Waals surface area contributed by atoms with Crippen LogP contribution in [0.25, 0.3) is 0 Å². The van der Waals surface area contributed by atoms with Gasteiger partial charge in [-0.05, 0) is 40.4 Å². The second-order valence-corrected chi connectivity index (χ2v) is 10.1. The van der Waals surface area contributed by atoms with E-state index in [2.05, 4.69) is 109 Å². The van der Waals surface area contributed by atoms with Gasteiger partial charge in [0.2, 0.25) is 0 Å². The second kappa shape index (κ2) is 11.4. The molecule has 2 aromatic rings. The number of hydrogen-bond donors (Lipinski definition) is 1. The fourth-order valence-electron chi connectivity index (χ4n) is 4.20. The molecular formula is C28H42N2O. The summed E-state index contributed by atoms with van der Waals surface area (Å²) in [6.07, 6.45) is 0. The molecule has 0 aromatic heterocycles. The maximum Gasteiger partial charge on any atom is 0.321 e. The number of benzene rings is 2. The standard InChI is InChI=1S/C28H42N2O/c1-19(2)17-30(18-26(22(7)8)23-13-10-9-11-14-23)28(31)29-27-24(20(3)4)15-12-16-25(27)21(5)6/h9-16,19-22,26H,17-18H2,1-8H3,(H,29,31). The highest BCUT2D eigenvalue weighted by Gasteiger charge is 2.25. The van der Waals surface area contributed by atoms with Crippen molar-refractivity contribution < 1.29 is 4.79 Å². The molecule has 0 heterocycles. The average Bonchev–Trinajstić information content (AvgIpc) is 2.70. The molecule has 2 amide bonds. The van der Waals surface area contributed by atoms with Crippen molar-refractivity contribution in [2.75, 3.05) is 18.4 Å². The molecule has 0 fully saturated rings. The van der Waals surface area contributed by atoms with Gasteiger partial charge in [-0.25, -0.2) is 4.79 Å². The van der Waals surface area contributed by atoms with Crippen LogP contribution in [0.1, 0.15) is 89.8 Å². The molecule has 0 saturated carbocycles. The Bertz CT molecular complexity index is 798. The zero-order valence-electron chi connectivity index (χ0n) is 20.8. The van der Waals surface area contributed by atoms with Crippen LogP contribution in [-0.4, -0.2) is 24.0 Å². The number of rotatable bonds is 9. The summed E-state index contributed by atoms with van der Waals surface area (Å²) in [5.74, 6) is 1.84. The Morgan fingerprint density at radius 1 is 0.774 bits per heavy atom. The second-order valence-electron chi connectivity index (χ2n) is 10.1. The van der Waals surface area contributed by atoms with Crippen molar-refractivity contribution >= 4 is 11.7 Å². The Hall–Kier alpha value is -2.29. The molecule has 0 radical (unpaired) electrons. The number of carbonyl (C=O) groups is 1. The summed E-state index contributed by atoms with van der Waals surface area (Å²) in [5.41, 5.74) is 4.69. The van der Waals surface area contributed by atoms with Crippen LogP contribution >= 0.6 is 0 Å². The van der Waals surface area contributed by atoms with E-state index in [-0.39, 0.29) is 6.03 Å². The number of amides is 2. The Morgan fingerprint density at radius 2 is 1.32 bits per heavy atom. The zero-order valence-corrected chi connectivity index (χ0v) is 20.8. The Labute approximate surface area is 190 Å². The first-order valence-corrected chi connectivity index (χ1v) is 11.8. The highest BCUT2D eigenvalue weighted by molar-refractivity contribution is 5.91. The van der Waals surface area contributed by atoms with E-state index in [4.69, 9.17) is 0 Å². The van der Waals surface area contributed by atoms with Gasteiger partial charge in [0.05, 0.1) is 0 Å². The highest BCUT2D eigenvalue weighted by Crippen LogP contribution is 2.33. The number of anilines is 1. The van der Waals surface area contributed by atoms with Crippen LogP contribution < -0.4 is 5.32 Å². The predicted octanol–water partition coefficient (Wildman–Crippen LogP) is 7.86. The van der Waals surface area contributed by atoms with Crippen LogP contribution in [0.3, 0.4) is 0 Å². The summed E-state index contributed by atoms with van der Waals surface area (Å²) in [4.78, 5) is 15.6. The molecule has 2 aromatic carbocycles. The first-order chi connectivity index (χ1) is 14.6. The third-order valence-electron chi connectivity index (χ3n) is 5.93. The van der Waals surface area contributed by atoms with E-state index in [0.29, 0.717) is 36.1 Å². The molecule has 170 valence electrons. The lowest BCUT2D eigenvalue weighted by molar-refractivity contribution is 0.195. The average molecular weight is 423 g/mol. The van der Waals surface area contributed by atoms with Crippen LogP contribution in [0.5, 0.6) is 0 Å². The predicted molar refractivity (Wildman–Crippen MR) is 134 cm³/mol. The molecule has 1 N–H and O–H groups in total. The molecule has 0 saturated heterocycles. The smallest absolute Gasteiger partial charge is 0.321 e. The van der Waals surface area contributed by atoms with Gasteiger partial charge in [0.15, 0.2) is 0 Å². The van der Waals surface area contributed by atoms with Crippen molar-refractivity contribution in [3.8, 4) is 0 Å². The highest BCUT2D eigenvalue weighted by atomic mass is 16.2. The molecule has 1 atom stereocenters. The van der Waals surface area contributed by atoms with Crippen molar-refractivity contribution in [1.82, 2.24) is 4.90 Å². The van der Waals surface area contributed by atoms with E-state index in [1.807, 2.05) is 4.90 Å². The van der Waals surface area contributed by atoms with Crippen LogP contribution in [0.15, 0.2) is 48.5 Å². The van der Waals surface area contributed by atoms with Gasteiger partial charge >= 0.3 is 6.03 Å². The fourth-order valence-corrected chi connectivity index (χ4v) is 4.20. The SMILES string of the molecule is CC(C)CN(CC(c1ccccc1)C(C)C)C(=O)Nc1c(C(C)C)cccc1C(C)C. The van der Waals surface area contributed by atoms with Gasteiger partial charge in [-0.15, -0.1) is 0 Å². The number of nitrogens with one attached hydrogen (secondary N) is 1. The minimum Gasteiger partial charge on any atom is -0.324 e. The largest absolute Gasteiger partial charge is 0.324 e. The number of urea groups is 1. The van der Waals surface area contributed by atoms with Crippen LogP contribution in [-0.2, 0) is 0 Å². The zero-order chi connectivity index (χ0) is 23.1. The summed E-state index contributed by atoms with van der Waals surface area (Å²) >= 11 is 0. The Kier molecular flexibility index (Phi) is 9.15. The Balaban J connectivity index is 2.36. The number of carbonyl (C=O) groups excluding carboxylic acids is 1. The van der Waals surface area contributed by atoms with Gasteiger partial charge in [0.1, 0.15) is 0 Å². The first kappa shape index (κ1) is 25.0. The molecule has 0 aliphatic carbocycles. The van der Waals surface area contributed by atoms with Gasteiger partial charge in [-0.3, -0.25) is 0 Å². The van der Waals surface area contributed by atoms with Crippen LogP contribution in [0.4, 0.5) is 10.5 Å². The first-order valence-electron chi connectivity index (χ1n) is 11.8. The number of para-hydroxylation sites is 1. The Morgan fingerprint density at radius 3 is 1.77 bits per heavy atom. The van der Waals surface area contributed by atoms with Crippen molar-refractivity contribution in [3.05, 3.63) is 65.2 Å². The topological polar surface area (TPSA) is 32.3 Å². The summed E-state index contributed by atoms with van der Waals surface area (Å²) in [5, 5.41) is 3.33. The lowest BCUT2D eigenvalue weighted by Gasteiger charge is -2.32. The van der Waals surface area contributed by atoms with Gasteiger partial charge in [0, 0.05) is 24.7 Å². The summed E-state index contributed by atoms with van der Waals surface area (Å²) in [6, 6.07) is 17.0.